The van der Waals surface area contributed by atoms with Gasteiger partial charge in [0, 0.05) is 18.2 Å². The van der Waals surface area contributed by atoms with Crippen LogP contribution in [0.3, 0.4) is 0 Å². The lowest BCUT2D eigenvalue weighted by atomic mass is 10.3. The van der Waals surface area contributed by atoms with Gasteiger partial charge in [-0.3, -0.25) is 4.79 Å². The first-order valence-corrected chi connectivity index (χ1v) is 8.72. The Morgan fingerprint density at radius 3 is 2.52 bits per heavy atom. The summed E-state index contributed by atoms with van der Waals surface area (Å²) < 4.78 is 37.1. The highest BCUT2D eigenvalue weighted by Gasteiger charge is 2.25. The number of hydrogen-bond donors (Lipinski definition) is 2. The summed E-state index contributed by atoms with van der Waals surface area (Å²) in [4.78, 5) is 11.9. The molecule has 0 aliphatic carbocycles. The Bertz CT molecular complexity index is 651. The van der Waals surface area contributed by atoms with Crippen molar-refractivity contribution < 1.29 is 22.7 Å². The summed E-state index contributed by atoms with van der Waals surface area (Å²) in [6, 6.07) is 3.02. The van der Waals surface area contributed by atoms with E-state index in [0.29, 0.717) is 6.61 Å². The largest absolute Gasteiger partial charge is 0.495 e. The number of halogens is 1. The SMILES string of the molecule is COC[C@@H](C)NC(=O)[C@H](C)NS(=O)(=O)c1cc(Cl)ccc1OC. The summed E-state index contributed by atoms with van der Waals surface area (Å²) in [5.41, 5.74) is 0. The lowest BCUT2D eigenvalue weighted by Crippen LogP contribution is -2.48. The third kappa shape index (κ3) is 5.65. The summed E-state index contributed by atoms with van der Waals surface area (Å²) in [7, 11) is -1.10. The predicted molar refractivity (Wildman–Crippen MR) is 87.3 cm³/mol. The van der Waals surface area contributed by atoms with E-state index in [1.165, 1.54) is 39.3 Å². The fraction of sp³-hybridized carbons (Fsp3) is 0.500. The van der Waals surface area contributed by atoms with E-state index in [1.54, 1.807) is 6.92 Å². The van der Waals surface area contributed by atoms with Gasteiger partial charge in [0.1, 0.15) is 10.6 Å². The van der Waals surface area contributed by atoms with Crippen molar-refractivity contribution in [1.82, 2.24) is 10.0 Å². The van der Waals surface area contributed by atoms with E-state index in [2.05, 4.69) is 10.0 Å². The summed E-state index contributed by atoms with van der Waals surface area (Å²) in [5, 5.41) is 2.89. The molecule has 9 heteroatoms. The van der Waals surface area contributed by atoms with Gasteiger partial charge < -0.3 is 14.8 Å². The number of carbonyl (C=O) groups is 1. The van der Waals surface area contributed by atoms with Crippen molar-refractivity contribution in [3.63, 3.8) is 0 Å². The first-order chi connectivity index (χ1) is 10.7. The highest BCUT2D eigenvalue weighted by Crippen LogP contribution is 2.26. The summed E-state index contributed by atoms with van der Waals surface area (Å²) >= 11 is 5.84. The smallest absolute Gasteiger partial charge is 0.245 e. The van der Waals surface area contributed by atoms with Gasteiger partial charge in [0.25, 0.3) is 0 Å². The van der Waals surface area contributed by atoms with Gasteiger partial charge in [-0.05, 0) is 32.0 Å². The highest BCUT2D eigenvalue weighted by molar-refractivity contribution is 7.89. The Morgan fingerprint density at radius 1 is 1.30 bits per heavy atom. The molecule has 0 bridgehead atoms. The Balaban J connectivity index is 2.90. The molecule has 0 fully saturated rings. The van der Waals surface area contributed by atoms with E-state index in [-0.39, 0.29) is 21.7 Å². The number of hydrogen-bond acceptors (Lipinski definition) is 5. The van der Waals surface area contributed by atoms with Gasteiger partial charge >= 0.3 is 0 Å². The van der Waals surface area contributed by atoms with Crippen LogP contribution in [-0.2, 0) is 19.6 Å². The Kier molecular flexibility index (Phi) is 7.27. The molecule has 0 spiro atoms. The van der Waals surface area contributed by atoms with Gasteiger partial charge in [-0.15, -0.1) is 0 Å². The molecule has 2 atom stereocenters. The van der Waals surface area contributed by atoms with Crippen molar-refractivity contribution >= 4 is 27.5 Å². The molecule has 1 amide bonds. The van der Waals surface area contributed by atoms with Crippen LogP contribution in [0.15, 0.2) is 23.1 Å². The quantitative estimate of drug-likeness (QED) is 0.722. The number of ether oxygens (including phenoxy) is 2. The average molecular weight is 365 g/mol. The van der Waals surface area contributed by atoms with Crippen LogP contribution in [0.1, 0.15) is 13.8 Å². The van der Waals surface area contributed by atoms with E-state index >= 15 is 0 Å². The van der Waals surface area contributed by atoms with E-state index in [1.807, 2.05) is 0 Å². The van der Waals surface area contributed by atoms with E-state index < -0.39 is 22.0 Å². The maximum Gasteiger partial charge on any atom is 0.245 e. The third-order valence-electron chi connectivity index (χ3n) is 2.95. The lowest BCUT2D eigenvalue weighted by molar-refractivity contribution is -0.123. The molecule has 130 valence electrons. The van der Waals surface area contributed by atoms with Crippen molar-refractivity contribution in [2.45, 2.75) is 30.8 Å². The molecule has 0 saturated carbocycles. The Hall–Kier alpha value is -1.35. The Labute approximate surface area is 141 Å². The van der Waals surface area contributed by atoms with Crippen LogP contribution in [-0.4, -0.2) is 47.2 Å². The average Bonchev–Trinajstić information content (AvgIpc) is 2.46. The van der Waals surface area contributed by atoms with Gasteiger partial charge in [-0.1, -0.05) is 11.6 Å². The Morgan fingerprint density at radius 2 is 1.96 bits per heavy atom. The second kappa shape index (κ2) is 8.49. The fourth-order valence-corrected chi connectivity index (χ4v) is 3.50. The molecule has 23 heavy (non-hydrogen) atoms. The van der Waals surface area contributed by atoms with Gasteiger partial charge in [-0.2, -0.15) is 4.72 Å². The van der Waals surface area contributed by atoms with Crippen molar-refractivity contribution in [3.05, 3.63) is 23.2 Å². The number of amides is 1. The molecule has 1 rings (SSSR count). The molecule has 0 radical (unpaired) electrons. The molecule has 0 aromatic heterocycles. The van der Waals surface area contributed by atoms with Crippen LogP contribution in [0.4, 0.5) is 0 Å². The van der Waals surface area contributed by atoms with Crippen molar-refractivity contribution in [1.29, 1.82) is 0 Å². The minimum atomic E-state index is -3.97. The molecule has 0 heterocycles. The van der Waals surface area contributed by atoms with Crippen LogP contribution in [0, 0.1) is 0 Å². The third-order valence-corrected chi connectivity index (χ3v) is 4.74. The monoisotopic (exact) mass is 364 g/mol. The summed E-state index contributed by atoms with van der Waals surface area (Å²) in [6.45, 7) is 3.53. The first-order valence-electron chi connectivity index (χ1n) is 6.86. The zero-order valence-electron chi connectivity index (χ0n) is 13.4. The van der Waals surface area contributed by atoms with Crippen molar-refractivity contribution in [2.75, 3.05) is 20.8 Å². The molecular weight excluding hydrogens is 344 g/mol. The molecule has 1 aromatic carbocycles. The number of benzene rings is 1. The van der Waals surface area contributed by atoms with Gasteiger partial charge in [0.05, 0.1) is 19.8 Å². The van der Waals surface area contributed by atoms with Gasteiger partial charge in [0.15, 0.2) is 0 Å². The summed E-state index contributed by atoms with van der Waals surface area (Å²) in [6.07, 6.45) is 0. The molecule has 7 nitrogen and oxygen atoms in total. The zero-order valence-corrected chi connectivity index (χ0v) is 15.0. The molecule has 1 aromatic rings. The van der Waals surface area contributed by atoms with E-state index in [9.17, 15) is 13.2 Å². The minimum absolute atomic E-state index is 0.128. The zero-order chi connectivity index (χ0) is 17.6. The number of sulfonamides is 1. The maximum atomic E-state index is 12.4. The van der Waals surface area contributed by atoms with Crippen molar-refractivity contribution in [2.24, 2.45) is 0 Å². The molecular formula is C14H21ClN2O5S. The van der Waals surface area contributed by atoms with E-state index in [4.69, 9.17) is 21.1 Å². The molecule has 0 aliphatic heterocycles. The van der Waals surface area contributed by atoms with E-state index in [0.717, 1.165) is 0 Å². The second-order valence-electron chi connectivity index (χ2n) is 5.00. The normalized spacial score (nSPS) is 14.1. The number of methoxy groups -OCH3 is 2. The standard InChI is InChI=1S/C14H21ClN2O5S/c1-9(8-21-3)16-14(18)10(2)17-23(19,20)13-7-11(15)5-6-12(13)22-4/h5-7,9-10,17H,8H2,1-4H3,(H,16,18)/t9-,10+/m1/s1. The molecule has 0 saturated heterocycles. The van der Waals surface area contributed by atoms with Gasteiger partial charge in [-0.25, -0.2) is 8.42 Å². The molecule has 0 aliphatic rings. The minimum Gasteiger partial charge on any atom is -0.495 e. The van der Waals surface area contributed by atoms with Crippen LogP contribution < -0.4 is 14.8 Å². The van der Waals surface area contributed by atoms with Crippen LogP contribution in [0.25, 0.3) is 0 Å². The fourth-order valence-electron chi connectivity index (χ4n) is 1.87. The molecule has 2 N–H and O–H groups in total. The number of carbonyl (C=O) groups excluding carboxylic acids is 1. The van der Waals surface area contributed by atoms with Gasteiger partial charge in [0.2, 0.25) is 15.9 Å². The topological polar surface area (TPSA) is 93.7 Å². The lowest BCUT2D eigenvalue weighted by Gasteiger charge is -2.18. The second-order valence-corrected chi connectivity index (χ2v) is 7.12. The van der Waals surface area contributed by atoms with Crippen LogP contribution in [0.2, 0.25) is 5.02 Å². The first kappa shape index (κ1) is 19.7. The van der Waals surface area contributed by atoms with Crippen LogP contribution in [0.5, 0.6) is 5.75 Å². The predicted octanol–water partition coefficient (Wildman–Crippen LogP) is 1.17. The van der Waals surface area contributed by atoms with Crippen molar-refractivity contribution in [3.8, 4) is 5.75 Å². The maximum absolute atomic E-state index is 12.4. The number of rotatable bonds is 8. The highest BCUT2D eigenvalue weighted by atomic mass is 35.5. The summed E-state index contributed by atoms with van der Waals surface area (Å²) in [5.74, 6) is -0.318. The van der Waals surface area contributed by atoms with Crippen LogP contribution >= 0.6 is 11.6 Å². The molecule has 0 unspecified atom stereocenters. The number of nitrogens with one attached hydrogen (secondary N) is 2.